The van der Waals surface area contributed by atoms with Crippen molar-refractivity contribution in [2.75, 3.05) is 18.4 Å². The third-order valence-electron chi connectivity index (χ3n) is 4.00. The third-order valence-corrected chi connectivity index (χ3v) is 4.29. The normalized spacial score (nSPS) is 14.9. The maximum Gasteiger partial charge on any atom is 0.417 e. The van der Waals surface area contributed by atoms with Crippen LogP contribution >= 0.6 is 11.6 Å². The van der Waals surface area contributed by atoms with Crippen LogP contribution in [0, 0.1) is 0 Å². The van der Waals surface area contributed by atoms with E-state index in [9.17, 15) is 18.0 Å². The van der Waals surface area contributed by atoms with Gasteiger partial charge in [-0.25, -0.2) is 4.98 Å². The molecule has 1 aliphatic rings. The fraction of sp³-hybridized carbons (Fsp3) is 0.294. The highest BCUT2D eigenvalue weighted by Gasteiger charge is 2.31. The summed E-state index contributed by atoms with van der Waals surface area (Å²) in [6, 6.07) is 8.78. The molecule has 0 bridgehead atoms. The van der Waals surface area contributed by atoms with E-state index in [1.165, 1.54) is 11.1 Å². The number of pyridine rings is 1. The summed E-state index contributed by atoms with van der Waals surface area (Å²) in [6.45, 7) is 1.50. The Kier molecular flexibility index (Phi) is 4.96. The molecule has 2 heterocycles. The van der Waals surface area contributed by atoms with Crippen LogP contribution in [0.15, 0.2) is 36.5 Å². The first-order chi connectivity index (χ1) is 11.8. The molecular weight excluding hydrogens is 355 g/mol. The molecule has 8 heteroatoms. The Balaban J connectivity index is 1.62. The topological polar surface area (TPSA) is 45.2 Å². The minimum atomic E-state index is -4.53. The van der Waals surface area contributed by atoms with E-state index in [1.54, 1.807) is 0 Å². The number of carbonyl (C=O) groups excluding carboxylic acids is 1. The van der Waals surface area contributed by atoms with Crippen LogP contribution in [0.3, 0.4) is 0 Å². The zero-order valence-electron chi connectivity index (χ0n) is 13.1. The highest BCUT2D eigenvalue weighted by molar-refractivity contribution is 6.33. The molecular formula is C17H15ClF3N3O. The van der Waals surface area contributed by atoms with Crippen LogP contribution in [0.5, 0.6) is 0 Å². The fourth-order valence-electron chi connectivity index (χ4n) is 2.75. The molecule has 0 atom stereocenters. The predicted molar refractivity (Wildman–Crippen MR) is 88.3 cm³/mol. The predicted octanol–water partition coefficient (Wildman–Crippen LogP) is 3.75. The summed E-state index contributed by atoms with van der Waals surface area (Å²) in [4.78, 5) is 17.7. The van der Waals surface area contributed by atoms with Gasteiger partial charge in [0.1, 0.15) is 0 Å². The van der Waals surface area contributed by atoms with Gasteiger partial charge in [-0.3, -0.25) is 9.69 Å². The van der Waals surface area contributed by atoms with E-state index in [4.69, 9.17) is 11.6 Å². The van der Waals surface area contributed by atoms with Crippen LogP contribution < -0.4 is 5.32 Å². The van der Waals surface area contributed by atoms with Crippen molar-refractivity contribution < 1.29 is 18.0 Å². The number of aromatic nitrogens is 1. The van der Waals surface area contributed by atoms with Crippen LogP contribution in [0.1, 0.15) is 16.7 Å². The van der Waals surface area contributed by atoms with Gasteiger partial charge < -0.3 is 5.32 Å². The van der Waals surface area contributed by atoms with E-state index in [-0.39, 0.29) is 23.3 Å². The lowest BCUT2D eigenvalue weighted by atomic mass is 10.00. The Bertz CT molecular complexity index is 795. The minimum absolute atomic E-state index is 0.0722. The number of nitrogens with one attached hydrogen (secondary N) is 1. The molecule has 0 radical (unpaired) electrons. The number of carbonyl (C=O) groups is 1. The SMILES string of the molecule is O=C(CN1CCc2ccccc2C1)Nc1ncc(C(F)(F)F)cc1Cl. The van der Waals surface area contributed by atoms with Crippen molar-refractivity contribution in [2.24, 2.45) is 0 Å². The molecule has 0 unspecified atom stereocenters. The number of halogens is 4. The lowest BCUT2D eigenvalue weighted by Gasteiger charge is -2.28. The standard InChI is InChI=1S/C17H15ClF3N3O/c18-14-7-13(17(19,20)21)8-22-16(14)23-15(25)10-24-6-5-11-3-1-2-4-12(11)9-24/h1-4,7-8H,5-6,9-10H2,(H,22,23,25). The number of nitrogens with zero attached hydrogens (tertiary/aromatic N) is 2. The number of benzene rings is 1. The van der Waals surface area contributed by atoms with Gasteiger partial charge in [-0.15, -0.1) is 0 Å². The van der Waals surface area contributed by atoms with Crippen LogP contribution in [0.4, 0.5) is 19.0 Å². The summed E-state index contributed by atoms with van der Waals surface area (Å²) < 4.78 is 37.8. The van der Waals surface area contributed by atoms with Gasteiger partial charge in [0.2, 0.25) is 5.91 Å². The van der Waals surface area contributed by atoms with Gasteiger partial charge in [-0.1, -0.05) is 35.9 Å². The Labute approximate surface area is 147 Å². The Morgan fingerprint density at radius 3 is 2.68 bits per heavy atom. The second-order valence-corrected chi connectivity index (χ2v) is 6.24. The summed E-state index contributed by atoms with van der Waals surface area (Å²) >= 11 is 5.80. The van der Waals surface area contributed by atoms with Crippen molar-refractivity contribution in [1.29, 1.82) is 0 Å². The van der Waals surface area contributed by atoms with Crippen LogP contribution in [0.25, 0.3) is 0 Å². The van der Waals surface area contributed by atoms with E-state index >= 15 is 0 Å². The number of hydrogen-bond acceptors (Lipinski definition) is 3. The van der Waals surface area contributed by atoms with E-state index in [0.29, 0.717) is 12.7 Å². The molecule has 1 aromatic heterocycles. The maximum atomic E-state index is 12.6. The quantitative estimate of drug-likeness (QED) is 0.896. The second kappa shape index (κ2) is 7.01. The number of hydrogen-bond donors (Lipinski definition) is 1. The highest BCUT2D eigenvalue weighted by atomic mass is 35.5. The maximum absolute atomic E-state index is 12.6. The molecule has 0 aliphatic carbocycles. The van der Waals surface area contributed by atoms with E-state index in [1.807, 2.05) is 23.1 Å². The lowest BCUT2D eigenvalue weighted by molar-refractivity contribution is -0.137. The van der Waals surface area contributed by atoms with Crippen molar-refractivity contribution in [2.45, 2.75) is 19.1 Å². The molecule has 25 heavy (non-hydrogen) atoms. The van der Waals surface area contributed by atoms with Gasteiger partial charge in [0.05, 0.1) is 17.1 Å². The van der Waals surface area contributed by atoms with Gasteiger partial charge in [-0.05, 0) is 23.6 Å². The average Bonchev–Trinajstić information content (AvgIpc) is 2.55. The molecule has 0 saturated heterocycles. The largest absolute Gasteiger partial charge is 0.417 e. The molecule has 132 valence electrons. The fourth-order valence-corrected chi connectivity index (χ4v) is 2.96. The molecule has 1 amide bonds. The van der Waals surface area contributed by atoms with Crippen molar-refractivity contribution >= 4 is 23.3 Å². The first kappa shape index (κ1) is 17.7. The number of rotatable bonds is 3. The molecule has 1 aromatic carbocycles. The van der Waals surface area contributed by atoms with Gasteiger partial charge in [-0.2, -0.15) is 13.2 Å². The summed E-state index contributed by atoms with van der Waals surface area (Å²) in [5.74, 6) is -0.439. The Morgan fingerprint density at radius 2 is 2.00 bits per heavy atom. The molecule has 2 aromatic rings. The summed E-state index contributed by atoms with van der Waals surface area (Å²) in [5, 5.41) is 2.23. The summed E-state index contributed by atoms with van der Waals surface area (Å²) in [5.41, 5.74) is 1.49. The van der Waals surface area contributed by atoms with Gasteiger partial charge in [0.25, 0.3) is 0 Å². The number of amides is 1. The average molecular weight is 370 g/mol. The van der Waals surface area contributed by atoms with E-state index < -0.39 is 11.7 Å². The van der Waals surface area contributed by atoms with Crippen LogP contribution in [-0.2, 0) is 23.9 Å². The number of alkyl halides is 3. The lowest BCUT2D eigenvalue weighted by Crippen LogP contribution is -2.37. The Hall–Kier alpha value is -2.12. The summed E-state index contributed by atoms with van der Waals surface area (Å²) in [6.07, 6.45) is -3.03. The third kappa shape index (κ3) is 4.29. The molecule has 3 rings (SSSR count). The van der Waals surface area contributed by atoms with E-state index in [0.717, 1.165) is 19.0 Å². The Morgan fingerprint density at radius 1 is 1.28 bits per heavy atom. The van der Waals surface area contributed by atoms with Gasteiger partial charge in [0, 0.05) is 19.3 Å². The monoisotopic (exact) mass is 369 g/mol. The van der Waals surface area contributed by atoms with Crippen molar-refractivity contribution in [3.8, 4) is 0 Å². The zero-order valence-corrected chi connectivity index (χ0v) is 13.9. The highest BCUT2D eigenvalue weighted by Crippen LogP contribution is 2.32. The minimum Gasteiger partial charge on any atom is -0.308 e. The zero-order chi connectivity index (χ0) is 18.0. The molecule has 0 spiro atoms. The number of anilines is 1. The van der Waals surface area contributed by atoms with Crippen molar-refractivity contribution in [3.05, 3.63) is 58.2 Å². The first-order valence-corrected chi connectivity index (χ1v) is 8.02. The molecule has 1 aliphatic heterocycles. The van der Waals surface area contributed by atoms with Gasteiger partial charge in [0.15, 0.2) is 5.82 Å². The van der Waals surface area contributed by atoms with Crippen LogP contribution in [-0.4, -0.2) is 28.9 Å². The molecule has 1 N–H and O–H groups in total. The van der Waals surface area contributed by atoms with Crippen molar-refractivity contribution in [3.63, 3.8) is 0 Å². The summed E-state index contributed by atoms with van der Waals surface area (Å²) in [7, 11) is 0. The smallest absolute Gasteiger partial charge is 0.308 e. The van der Waals surface area contributed by atoms with Gasteiger partial charge >= 0.3 is 6.18 Å². The molecule has 0 saturated carbocycles. The van der Waals surface area contributed by atoms with Crippen molar-refractivity contribution in [1.82, 2.24) is 9.88 Å². The number of fused-ring (bicyclic) bond motifs is 1. The van der Waals surface area contributed by atoms with E-state index in [2.05, 4.69) is 16.4 Å². The second-order valence-electron chi connectivity index (χ2n) is 5.83. The first-order valence-electron chi connectivity index (χ1n) is 7.64. The van der Waals surface area contributed by atoms with Crippen LogP contribution in [0.2, 0.25) is 5.02 Å². The molecule has 0 fully saturated rings. The molecule has 4 nitrogen and oxygen atoms in total.